The summed E-state index contributed by atoms with van der Waals surface area (Å²) in [7, 11) is 0. The van der Waals surface area contributed by atoms with Crippen molar-refractivity contribution in [3.63, 3.8) is 0 Å². The standard InChI is InChI=1S/C10H12BrNO2S/c1-10(2,7-11)15-9-5-3-4-8(6-9)12(13)14/h3-6H,7H2,1-2H3. The van der Waals surface area contributed by atoms with E-state index >= 15 is 0 Å². The summed E-state index contributed by atoms with van der Waals surface area (Å²) < 4.78 is 0.0369. The molecule has 0 aliphatic rings. The van der Waals surface area contributed by atoms with Crippen LogP contribution < -0.4 is 0 Å². The number of rotatable bonds is 4. The van der Waals surface area contributed by atoms with Gasteiger partial charge in [0.1, 0.15) is 0 Å². The molecule has 3 nitrogen and oxygen atoms in total. The average molecular weight is 290 g/mol. The van der Waals surface area contributed by atoms with Crippen LogP contribution >= 0.6 is 27.7 Å². The van der Waals surface area contributed by atoms with Gasteiger partial charge in [0.2, 0.25) is 0 Å². The van der Waals surface area contributed by atoms with Crippen molar-refractivity contribution in [3.8, 4) is 0 Å². The van der Waals surface area contributed by atoms with Crippen LogP contribution in [0.25, 0.3) is 0 Å². The lowest BCUT2D eigenvalue weighted by atomic mass is 10.3. The van der Waals surface area contributed by atoms with Crippen molar-refractivity contribution in [2.75, 3.05) is 5.33 Å². The highest BCUT2D eigenvalue weighted by molar-refractivity contribution is 9.09. The van der Waals surface area contributed by atoms with Gasteiger partial charge in [0.05, 0.1) is 4.92 Å². The summed E-state index contributed by atoms with van der Waals surface area (Å²) in [6.45, 7) is 4.18. The van der Waals surface area contributed by atoms with Crippen LogP contribution in [0.15, 0.2) is 29.2 Å². The highest BCUT2D eigenvalue weighted by atomic mass is 79.9. The smallest absolute Gasteiger partial charge is 0.258 e. The molecule has 82 valence electrons. The van der Waals surface area contributed by atoms with Crippen LogP contribution in [0, 0.1) is 10.1 Å². The molecule has 0 radical (unpaired) electrons. The molecule has 0 aromatic heterocycles. The molecule has 0 saturated heterocycles. The van der Waals surface area contributed by atoms with E-state index in [9.17, 15) is 10.1 Å². The summed E-state index contributed by atoms with van der Waals surface area (Å²) in [5.74, 6) is 0. The maximum atomic E-state index is 10.6. The van der Waals surface area contributed by atoms with Crippen LogP contribution in [-0.2, 0) is 0 Å². The van der Waals surface area contributed by atoms with E-state index in [4.69, 9.17) is 0 Å². The lowest BCUT2D eigenvalue weighted by Gasteiger charge is -2.20. The maximum absolute atomic E-state index is 10.6. The minimum atomic E-state index is -0.370. The molecule has 15 heavy (non-hydrogen) atoms. The minimum absolute atomic E-state index is 0.0369. The Morgan fingerprint density at radius 3 is 2.73 bits per heavy atom. The van der Waals surface area contributed by atoms with E-state index in [1.54, 1.807) is 23.9 Å². The molecule has 0 bridgehead atoms. The molecule has 0 unspecified atom stereocenters. The summed E-state index contributed by atoms with van der Waals surface area (Å²) in [6.07, 6.45) is 0. The predicted molar refractivity (Wildman–Crippen MR) is 66.8 cm³/mol. The second-order valence-corrected chi connectivity index (χ2v) is 6.09. The first-order valence-corrected chi connectivity index (χ1v) is 6.38. The van der Waals surface area contributed by atoms with Gasteiger partial charge >= 0.3 is 0 Å². The van der Waals surface area contributed by atoms with Gasteiger partial charge in [-0.2, -0.15) is 0 Å². The van der Waals surface area contributed by atoms with Crippen LogP contribution in [0.5, 0.6) is 0 Å². The van der Waals surface area contributed by atoms with E-state index in [-0.39, 0.29) is 15.4 Å². The van der Waals surface area contributed by atoms with Crippen molar-refractivity contribution >= 4 is 33.4 Å². The van der Waals surface area contributed by atoms with Crippen LogP contribution in [0.3, 0.4) is 0 Å². The molecule has 1 aromatic rings. The third-order valence-electron chi connectivity index (χ3n) is 1.74. The van der Waals surface area contributed by atoms with Gasteiger partial charge in [0.15, 0.2) is 0 Å². The van der Waals surface area contributed by atoms with Crippen molar-refractivity contribution in [1.82, 2.24) is 0 Å². The Bertz CT molecular complexity index is 368. The number of nitro groups is 1. The summed E-state index contributed by atoms with van der Waals surface area (Å²) in [6, 6.07) is 6.72. The number of nitrogens with zero attached hydrogens (tertiary/aromatic N) is 1. The summed E-state index contributed by atoms with van der Waals surface area (Å²) in [5.41, 5.74) is 0.144. The van der Waals surface area contributed by atoms with Gasteiger partial charge in [-0.05, 0) is 19.9 Å². The van der Waals surface area contributed by atoms with E-state index < -0.39 is 0 Å². The van der Waals surface area contributed by atoms with Gasteiger partial charge < -0.3 is 0 Å². The fraction of sp³-hybridized carbons (Fsp3) is 0.400. The third kappa shape index (κ3) is 3.83. The Kier molecular flexibility index (Phi) is 4.16. The zero-order valence-corrected chi connectivity index (χ0v) is 11.0. The van der Waals surface area contributed by atoms with Crippen molar-refractivity contribution in [2.24, 2.45) is 0 Å². The van der Waals surface area contributed by atoms with Gasteiger partial charge in [-0.3, -0.25) is 10.1 Å². The SMILES string of the molecule is CC(C)(CBr)Sc1cccc([N+](=O)[O-])c1. The first-order chi connectivity index (χ1) is 6.94. The van der Waals surface area contributed by atoms with E-state index in [0.717, 1.165) is 10.2 Å². The van der Waals surface area contributed by atoms with E-state index in [0.29, 0.717) is 0 Å². The first-order valence-electron chi connectivity index (χ1n) is 4.44. The molecule has 0 saturated carbocycles. The fourth-order valence-electron chi connectivity index (χ4n) is 1.01. The Morgan fingerprint density at radius 2 is 2.20 bits per heavy atom. The molecular formula is C10H12BrNO2S. The lowest BCUT2D eigenvalue weighted by Crippen LogP contribution is -2.15. The van der Waals surface area contributed by atoms with E-state index in [1.165, 1.54) is 6.07 Å². The van der Waals surface area contributed by atoms with Crippen molar-refractivity contribution < 1.29 is 4.92 Å². The number of non-ortho nitro benzene ring substituents is 1. The maximum Gasteiger partial charge on any atom is 0.270 e. The number of hydrogen-bond acceptors (Lipinski definition) is 3. The molecule has 0 atom stereocenters. The highest BCUT2D eigenvalue weighted by Crippen LogP contribution is 2.34. The molecule has 5 heteroatoms. The molecule has 1 rings (SSSR count). The molecule has 0 N–H and O–H groups in total. The van der Waals surface area contributed by atoms with Gasteiger partial charge in [-0.15, -0.1) is 11.8 Å². The summed E-state index contributed by atoms with van der Waals surface area (Å²) in [4.78, 5) is 11.1. The molecule has 1 aromatic carbocycles. The molecule has 0 aliphatic carbocycles. The molecule has 0 amide bonds. The highest BCUT2D eigenvalue weighted by Gasteiger charge is 2.18. The zero-order chi connectivity index (χ0) is 11.5. The van der Waals surface area contributed by atoms with Crippen molar-refractivity contribution in [1.29, 1.82) is 0 Å². The zero-order valence-electron chi connectivity index (χ0n) is 8.57. The number of thioether (sulfide) groups is 1. The summed E-state index contributed by atoms with van der Waals surface area (Å²) >= 11 is 5.05. The Morgan fingerprint density at radius 1 is 1.53 bits per heavy atom. The number of hydrogen-bond donors (Lipinski definition) is 0. The number of nitro benzene ring substituents is 1. The Hall–Kier alpha value is -0.550. The third-order valence-corrected chi connectivity index (χ3v) is 4.70. The van der Waals surface area contributed by atoms with Crippen molar-refractivity contribution in [3.05, 3.63) is 34.4 Å². The summed E-state index contributed by atoms with van der Waals surface area (Å²) in [5, 5.41) is 11.4. The minimum Gasteiger partial charge on any atom is -0.258 e. The fourth-order valence-corrected chi connectivity index (χ4v) is 2.37. The first kappa shape index (κ1) is 12.5. The monoisotopic (exact) mass is 289 g/mol. The van der Waals surface area contributed by atoms with Gasteiger partial charge in [-0.1, -0.05) is 22.0 Å². The normalized spacial score (nSPS) is 11.4. The largest absolute Gasteiger partial charge is 0.270 e. The molecule has 0 heterocycles. The predicted octanol–water partition coefficient (Wildman–Crippen LogP) is 3.86. The van der Waals surface area contributed by atoms with Crippen LogP contribution in [0.4, 0.5) is 5.69 Å². The van der Waals surface area contributed by atoms with Crippen LogP contribution in [0.1, 0.15) is 13.8 Å². The molecule has 0 aliphatic heterocycles. The number of alkyl halides is 1. The topological polar surface area (TPSA) is 43.1 Å². The van der Waals surface area contributed by atoms with Gasteiger partial charge in [-0.25, -0.2) is 0 Å². The van der Waals surface area contributed by atoms with Crippen LogP contribution in [0.2, 0.25) is 0 Å². The van der Waals surface area contributed by atoms with Crippen molar-refractivity contribution in [2.45, 2.75) is 23.5 Å². The van der Waals surface area contributed by atoms with E-state index in [2.05, 4.69) is 29.8 Å². The Balaban J connectivity index is 2.87. The molecule has 0 spiro atoms. The number of benzene rings is 1. The number of halogens is 1. The van der Waals surface area contributed by atoms with Gasteiger partial charge in [0, 0.05) is 27.1 Å². The second-order valence-electron chi connectivity index (χ2n) is 3.75. The average Bonchev–Trinajstić information content (AvgIpc) is 2.17. The molecular weight excluding hydrogens is 278 g/mol. The van der Waals surface area contributed by atoms with Crippen LogP contribution in [-0.4, -0.2) is 15.0 Å². The second kappa shape index (κ2) is 4.99. The molecule has 0 fully saturated rings. The van der Waals surface area contributed by atoms with Gasteiger partial charge in [0.25, 0.3) is 5.69 Å². The van der Waals surface area contributed by atoms with E-state index in [1.807, 2.05) is 6.07 Å². The Labute approximate surface area is 102 Å². The quantitative estimate of drug-likeness (QED) is 0.366. The lowest BCUT2D eigenvalue weighted by molar-refractivity contribution is -0.385.